The molecule has 1 spiro atoms. The van der Waals surface area contributed by atoms with Crippen molar-refractivity contribution in [1.29, 1.82) is 0 Å². The monoisotopic (exact) mass is 541 g/mol. The minimum absolute atomic E-state index is 0.0630. The van der Waals surface area contributed by atoms with Gasteiger partial charge in [-0.3, -0.25) is 4.99 Å². The van der Waals surface area contributed by atoms with Crippen molar-refractivity contribution in [2.45, 2.75) is 44.8 Å². The Bertz CT molecular complexity index is 1480. The van der Waals surface area contributed by atoms with E-state index >= 15 is 0 Å². The lowest BCUT2D eigenvalue weighted by Crippen LogP contribution is -2.62. The van der Waals surface area contributed by atoms with E-state index in [9.17, 15) is 9.59 Å². The molecule has 2 heterocycles. The maximum Gasteiger partial charge on any atom is 0.407 e. The van der Waals surface area contributed by atoms with Gasteiger partial charge in [-0.2, -0.15) is 0 Å². The molecule has 0 fully saturated rings. The Morgan fingerprint density at radius 2 is 1.77 bits per heavy atom. The lowest BCUT2D eigenvalue weighted by atomic mass is 9.77. The summed E-state index contributed by atoms with van der Waals surface area (Å²) < 4.78 is 17.2. The van der Waals surface area contributed by atoms with Crippen LogP contribution in [0.15, 0.2) is 77.8 Å². The SMILES string of the molecule is C=C(C)C(=O)OCCNC(=O)OCCCCN1c2ccccc2C(C)(C)C12C=Nc1c(ccc3ccccc13)O2. The van der Waals surface area contributed by atoms with E-state index in [4.69, 9.17) is 19.2 Å². The lowest BCUT2D eigenvalue weighted by Gasteiger charge is -2.46. The van der Waals surface area contributed by atoms with Crippen molar-refractivity contribution in [3.8, 4) is 5.75 Å². The number of carbonyl (C=O) groups excluding carboxylic acids is 2. The van der Waals surface area contributed by atoms with Gasteiger partial charge in [0.05, 0.1) is 24.8 Å². The third kappa shape index (κ3) is 4.90. The molecule has 0 radical (unpaired) electrons. The number of unbranched alkanes of at least 4 members (excludes halogenated alkanes) is 1. The van der Waals surface area contributed by atoms with Gasteiger partial charge >= 0.3 is 12.1 Å². The summed E-state index contributed by atoms with van der Waals surface area (Å²) in [4.78, 5) is 30.7. The molecule has 40 heavy (non-hydrogen) atoms. The van der Waals surface area contributed by atoms with E-state index in [0.717, 1.165) is 34.3 Å². The summed E-state index contributed by atoms with van der Waals surface area (Å²) in [6, 6.07) is 20.7. The van der Waals surface area contributed by atoms with E-state index in [1.165, 1.54) is 5.56 Å². The number of nitrogens with one attached hydrogen (secondary N) is 1. The molecule has 0 saturated carbocycles. The van der Waals surface area contributed by atoms with Gasteiger partial charge in [-0.15, -0.1) is 0 Å². The van der Waals surface area contributed by atoms with Crippen LogP contribution in [0.5, 0.6) is 5.75 Å². The van der Waals surface area contributed by atoms with Gasteiger partial charge in [-0.05, 0) is 56.7 Å². The fourth-order valence-electron chi connectivity index (χ4n) is 5.45. The summed E-state index contributed by atoms with van der Waals surface area (Å²) >= 11 is 0. The minimum atomic E-state index is -0.800. The highest BCUT2D eigenvalue weighted by Gasteiger charge is 2.59. The number of esters is 1. The Balaban J connectivity index is 1.24. The van der Waals surface area contributed by atoms with E-state index in [0.29, 0.717) is 18.5 Å². The van der Waals surface area contributed by atoms with E-state index in [-0.39, 0.29) is 25.2 Å². The summed E-state index contributed by atoms with van der Waals surface area (Å²) in [5, 5.41) is 4.78. The summed E-state index contributed by atoms with van der Waals surface area (Å²) in [6.45, 7) is 10.7. The molecule has 5 rings (SSSR count). The average Bonchev–Trinajstić information content (AvgIpc) is 3.13. The minimum Gasteiger partial charge on any atom is -0.460 e. The van der Waals surface area contributed by atoms with Gasteiger partial charge in [0.25, 0.3) is 0 Å². The number of nitrogens with zero attached hydrogens (tertiary/aromatic N) is 2. The fraction of sp³-hybridized carbons (Fsp3) is 0.344. The summed E-state index contributed by atoms with van der Waals surface area (Å²) in [7, 11) is 0. The van der Waals surface area contributed by atoms with Crippen molar-refractivity contribution in [3.05, 3.63) is 78.4 Å². The Labute approximate surface area is 234 Å². The number of fused-ring (bicyclic) bond motifs is 4. The zero-order valence-electron chi connectivity index (χ0n) is 23.2. The molecule has 8 heteroatoms. The summed E-state index contributed by atoms with van der Waals surface area (Å²) in [5.74, 6) is 0.282. The van der Waals surface area contributed by atoms with Gasteiger partial charge in [0.2, 0.25) is 5.72 Å². The van der Waals surface area contributed by atoms with E-state index in [1.54, 1.807) is 6.92 Å². The van der Waals surface area contributed by atoms with E-state index in [1.807, 2.05) is 30.5 Å². The Morgan fingerprint density at radius 3 is 2.60 bits per heavy atom. The zero-order valence-corrected chi connectivity index (χ0v) is 23.2. The molecule has 8 nitrogen and oxygen atoms in total. The van der Waals surface area contributed by atoms with Crippen LogP contribution < -0.4 is 15.0 Å². The molecule has 1 N–H and O–H groups in total. The van der Waals surface area contributed by atoms with Crippen LogP contribution in [0.2, 0.25) is 0 Å². The van der Waals surface area contributed by atoms with Gasteiger partial charge in [0, 0.05) is 23.2 Å². The molecular formula is C32H35N3O5. The molecule has 1 amide bonds. The lowest BCUT2D eigenvalue weighted by molar-refractivity contribution is -0.138. The number of hydrogen-bond donors (Lipinski definition) is 1. The second kappa shape index (κ2) is 11.0. The number of benzene rings is 3. The molecule has 0 aliphatic carbocycles. The first kappa shape index (κ1) is 27.2. The van der Waals surface area contributed by atoms with E-state index in [2.05, 4.69) is 67.0 Å². The van der Waals surface area contributed by atoms with Gasteiger partial charge in [0.1, 0.15) is 18.0 Å². The topological polar surface area (TPSA) is 89.5 Å². The number of hydrogen-bond acceptors (Lipinski definition) is 7. The molecule has 208 valence electrons. The molecule has 3 aromatic rings. The van der Waals surface area contributed by atoms with Crippen molar-refractivity contribution in [2.75, 3.05) is 31.2 Å². The van der Waals surface area contributed by atoms with Gasteiger partial charge < -0.3 is 24.4 Å². The Kier molecular flexibility index (Phi) is 7.52. The van der Waals surface area contributed by atoms with Crippen LogP contribution in [0, 0.1) is 0 Å². The first-order chi connectivity index (χ1) is 19.2. The van der Waals surface area contributed by atoms with Gasteiger partial charge in [-0.1, -0.05) is 55.1 Å². The molecule has 0 aromatic heterocycles. The number of ether oxygens (including phenoxy) is 3. The summed E-state index contributed by atoms with van der Waals surface area (Å²) in [5.41, 5.74) is 2.31. The Hall–Kier alpha value is -4.33. The molecular weight excluding hydrogens is 506 g/mol. The highest BCUT2D eigenvalue weighted by atomic mass is 16.6. The average molecular weight is 542 g/mol. The standard InChI is InChI=1S/C32H35N3O5/c1-22(2)29(36)38-20-17-33-30(37)39-19-10-9-18-35-26-14-8-7-13-25(26)31(3,4)32(35)21-34-28-24-12-6-5-11-23(24)15-16-27(28)40-32/h5-8,11-16,21H,1,9-10,17-20H2,2-4H3,(H,33,37). The van der Waals surface area contributed by atoms with Crippen LogP contribution in [-0.4, -0.2) is 50.3 Å². The van der Waals surface area contributed by atoms with Crippen LogP contribution in [0.3, 0.4) is 0 Å². The molecule has 0 bridgehead atoms. The van der Waals surface area contributed by atoms with Crippen molar-refractivity contribution >= 4 is 40.4 Å². The number of alkyl carbamates (subject to hydrolysis) is 1. The third-order valence-electron chi connectivity index (χ3n) is 7.62. The van der Waals surface area contributed by atoms with Crippen LogP contribution in [-0.2, 0) is 19.7 Å². The largest absolute Gasteiger partial charge is 0.460 e. The van der Waals surface area contributed by atoms with Crippen LogP contribution in [0.1, 0.15) is 39.2 Å². The zero-order chi connectivity index (χ0) is 28.3. The quantitative estimate of drug-likeness (QED) is 0.201. The number of anilines is 1. The van der Waals surface area contributed by atoms with Crippen molar-refractivity contribution < 1.29 is 23.8 Å². The molecule has 2 aliphatic heterocycles. The maximum absolute atomic E-state index is 12.0. The normalized spacial score (nSPS) is 18.1. The van der Waals surface area contributed by atoms with Crippen molar-refractivity contribution in [1.82, 2.24) is 5.32 Å². The predicted molar refractivity (Wildman–Crippen MR) is 157 cm³/mol. The number of amides is 1. The molecule has 0 saturated heterocycles. The predicted octanol–water partition coefficient (Wildman–Crippen LogP) is 6.05. The third-order valence-corrected chi connectivity index (χ3v) is 7.62. The van der Waals surface area contributed by atoms with Crippen LogP contribution in [0.4, 0.5) is 16.2 Å². The number of rotatable bonds is 9. The van der Waals surface area contributed by atoms with Gasteiger partial charge in [-0.25, -0.2) is 9.59 Å². The van der Waals surface area contributed by atoms with Crippen LogP contribution >= 0.6 is 0 Å². The van der Waals surface area contributed by atoms with Crippen molar-refractivity contribution in [2.24, 2.45) is 4.99 Å². The Morgan fingerprint density at radius 1 is 1.00 bits per heavy atom. The molecule has 1 unspecified atom stereocenters. The second-order valence-electron chi connectivity index (χ2n) is 10.7. The van der Waals surface area contributed by atoms with E-state index < -0.39 is 17.8 Å². The number of carbonyl (C=O) groups is 2. The summed E-state index contributed by atoms with van der Waals surface area (Å²) in [6.07, 6.45) is 2.87. The first-order valence-electron chi connectivity index (χ1n) is 13.6. The highest BCUT2D eigenvalue weighted by Crippen LogP contribution is 2.54. The smallest absolute Gasteiger partial charge is 0.407 e. The van der Waals surface area contributed by atoms with Crippen LogP contribution in [0.25, 0.3) is 10.8 Å². The first-order valence-corrected chi connectivity index (χ1v) is 13.6. The maximum atomic E-state index is 12.0. The second-order valence-corrected chi connectivity index (χ2v) is 10.7. The molecule has 3 aromatic carbocycles. The molecule has 1 atom stereocenters. The van der Waals surface area contributed by atoms with Crippen molar-refractivity contribution in [3.63, 3.8) is 0 Å². The highest BCUT2D eigenvalue weighted by molar-refractivity contribution is 5.99. The van der Waals surface area contributed by atoms with Gasteiger partial charge in [0.15, 0.2) is 0 Å². The number of aliphatic imine (C=N–C) groups is 1. The number of para-hydroxylation sites is 1. The fourth-order valence-corrected chi connectivity index (χ4v) is 5.45. The molecule has 2 aliphatic rings.